The fourth-order valence-electron chi connectivity index (χ4n) is 0.636. The van der Waals surface area contributed by atoms with Crippen molar-refractivity contribution in [3.8, 4) is 0 Å². The van der Waals surface area contributed by atoms with E-state index in [1.807, 2.05) is 0 Å². The second-order valence-electron chi connectivity index (χ2n) is 2.51. The largest absolute Gasteiger partial charge is 1.00 e. The lowest BCUT2D eigenvalue weighted by atomic mass is 10.6. The van der Waals surface area contributed by atoms with Crippen LogP contribution in [-0.2, 0) is 0 Å². The molecule has 1 rings (SSSR count). The van der Waals surface area contributed by atoms with E-state index in [0.717, 1.165) is 11.0 Å². The summed E-state index contributed by atoms with van der Waals surface area (Å²) in [4.78, 5) is 0. The van der Waals surface area contributed by atoms with Gasteiger partial charge in [-0.25, -0.2) is 0 Å². The molecule has 0 atom stereocenters. The Hall–Kier alpha value is 0.210. The summed E-state index contributed by atoms with van der Waals surface area (Å²) in [5, 5.41) is 8.43. The number of halogens is 1. The minimum atomic E-state index is 0. The molecule has 2 nitrogen and oxygen atoms in total. The Morgan fingerprint density at radius 2 is 2.00 bits per heavy atom. The molecule has 0 aromatic carbocycles. The van der Waals surface area contributed by atoms with Gasteiger partial charge in [-0.05, 0) is 0 Å². The lowest BCUT2D eigenvalue weighted by Crippen LogP contribution is -3.00. The van der Waals surface area contributed by atoms with Gasteiger partial charge in [0.05, 0.1) is 13.7 Å². The average Bonchev–Trinajstić information content (AvgIpc) is 2.22. The van der Waals surface area contributed by atoms with Crippen LogP contribution in [0.2, 0.25) is 0 Å². The summed E-state index contributed by atoms with van der Waals surface area (Å²) in [6.07, 6.45) is 0. The lowest BCUT2D eigenvalue weighted by molar-refractivity contribution is -0.777. The van der Waals surface area contributed by atoms with Crippen LogP contribution < -0.4 is 12.4 Å². The zero-order valence-corrected chi connectivity index (χ0v) is 5.86. The number of quaternary nitrogens is 1. The summed E-state index contributed by atoms with van der Waals surface area (Å²) in [6, 6.07) is 0. The lowest BCUT2D eigenvalue weighted by Gasteiger charge is -2.06. The third-order valence-corrected chi connectivity index (χ3v) is 1.63. The van der Waals surface area contributed by atoms with Gasteiger partial charge in [-0.15, -0.1) is 0 Å². The predicted molar refractivity (Wildman–Crippen MR) is 27.9 cm³/mol. The van der Waals surface area contributed by atoms with E-state index < -0.39 is 0 Å². The van der Waals surface area contributed by atoms with Crippen molar-refractivity contribution < 1.29 is 22.0 Å². The molecule has 0 saturated carbocycles. The smallest absolute Gasteiger partial charge is 0.129 e. The van der Waals surface area contributed by atoms with Gasteiger partial charge in [0, 0.05) is 0 Å². The molecule has 1 heterocycles. The van der Waals surface area contributed by atoms with E-state index in [0.29, 0.717) is 6.61 Å². The summed E-state index contributed by atoms with van der Waals surface area (Å²) < 4.78 is 1.09. The Labute approximate surface area is 56.1 Å². The van der Waals surface area contributed by atoms with Crippen LogP contribution in [-0.4, -0.2) is 42.9 Å². The molecule has 0 unspecified atom stereocenters. The molecule has 0 aliphatic carbocycles. The second kappa shape index (κ2) is 2.67. The van der Waals surface area contributed by atoms with E-state index in [1.54, 1.807) is 0 Å². The molecule has 1 aliphatic heterocycles. The van der Waals surface area contributed by atoms with Crippen molar-refractivity contribution in [2.24, 2.45) is 0 Å². The number of aliphatic hydroxyl groups is 1. The average molecular weight is 138 g/mol. The standard InChI is InChI=1S/C5H12NO.ClH/c1-6(2-3-6)4-5-7;/h7H,2-5H2,1H3;1H/q+1;/p-1. The van der Waals surface area contributed by atoms with Crippen LogP contribution in [0.4, 0.5) is 0 Å². The van der Waals surface area contributed by atoms with Crippen molar-refractivity contribution in [2.75, 3.05) is 33.3 Å². The Morgan fingerprint density at radius 1 is 1.50 bits per heavy atom. The van der Waals surface area contributed by atoms with Gasteiger partial charge < -0.3 is 22.0 Å². The minimum Gasteiger partial charge on any atom is -1.00 e. The molecule has 0 bridgehead atoms. The van der Waals surface area contributed by atoms with Gasteiger partial charge in [0.2, 0.25) is 0 Å². The van der Waals surface area contributed by atoms with Gasteiger partial charge in [-0.2, -0.15) is 0 Å². The van der Waals surface area contributed by atoms with Crippen LogP contribution in [0.1, 0.15) is 0 Å². The van der Waals surface area contributed by atoms with Gasteiger partial charge in [0.25, 0.3) is 0 Å². The van der Waals surface area contributed by atoms with Crippen molar-refractivity contribution in [3.05, 3.63) is 0 Å². The molecule has 1 fully saturated rings. The molecular formula is C5H12ClNO. The van der Waals surface area contributed by atoms with Gasteiger partial charge in [0.1, 0.15) is 19.6 Å². The third-order valence-electron chi connectivity index (χ3n) is 1.63. The molecule has 1 aliphatic rings. The Morgan fingerprint density at radius 3 is 2.12 bits per heavy atom. The highest BCUT2D eigenvalue weighted by molar-refractivity contribution is 4.49. The molecule has 1 saturated heterocycles. The zero-order valence-electron chi connectivity index (χ0n) is 5.10. The molecule has 0 spiro atoms. The number of hydrogen-bond donors (Lipinski definition) is 1. The predicted octanol–water partition coefficient (Wildman–Crippen LogP) is -3.56. The topological polar surface area (TPSA) is 20.2 Å². The number of hydrogen-bond acceptors (Lipinski definition) is 1. The quantitative estimate of drug-likeness (QED) is 0.309. The van der Waals surface area contributed by atoms with E-state index in [9.17, 15) is 0 Å². The van der Waals surface area contributed by atoms with Crippen LogP contribution >= 0.6 is 0 Å². The number of nitrogens with zero attached hydrogens (tertiary/aromatic N) is 1. The van der Waals surface area contributed by atoms with E-state index >= 15 is 0 Å². The molecule has 0 amide bonds. The van der Waals surface area contributed by atoms with E-state index in [1.165, 1.54) is 13.1 Å². The maximum atomic E-state index is 8.43. The van der Waals surface area contributed by atoms with Crippen molar-refractivity contribution >= 4 is 0 Å². The molecule has 0 radical (unpaired) electrons. The SMILES string of the molecule is C[N+]1(CCO)CC1.[Cl-]. The Bertz CT molecular complexity index is 72.8. The first-order valence-electron chi connectivity index (χ1n) is 2.71. The summed E-state index contributed by atoms with van der Waals surface area (Å²) >= 11 is 0. The first-order valence-corrected chi connectivity index (χ1v) is 2.71. The van der Waals surface area contributed by atoms with Crippen molar-refractivity contribution in [1.82, 2.24) is 0 Å². The van der Waals surface area contributed by atoms with Gasteiger partial charge in [-0.1, -0.05) is 0 Å². The Balaban J connectivity index is 0.000000490. The van der Waals surface area contributed by atoms with Gasteiger partial charge in [0.15, 0.2) is 0 Å². The maximum absolute atomic E-state index is 8.43. The van der Waals surface area contributed by atoms with Crippen molar-refractivity contribution in [1.29, 1.82) is 0 Å². The van der Waals surface area contributed by atoms with Crippen LogP contribution in [0.3, 0.4) is 0 Å². The Kier molecular flexibility index (Phi) is 2.74. The highest BCUT2D eigenvalue weighted by atomic mass is 35.5. The molecule has 8 heavy (non-hydrogen) atoms. The van der Waals surface area contributed by atoms with Gasteiger partial charge >= 0.3 is 0 Å². The highest BCUT2D eigenvalue weighted by Gasteiger charge is 2.35. The van der Waals surface area contributed by atoms with Crippen LogP contribution in [0.15, 0.2) is 0 Å². The minimum absolute atomic E-state index is 0. The molecule has 1 N–H and O–H groups in total. The van der Waals surface area contributed by atoms with E-state index in [2.05, 4.69) is 7.05 Å². The fraction of sp³-hybridized carbons (Fsp3) is 1.00. The zero-order chi connectivity index (χ0) is 5.33. The molecular weight excluding hydrogens is 126 g/mol. The fourth-order valence-corrected chi connectivity index (χ4v) is 0.636. The monoisotopic (exact) mass is 137 g/mol. The highest BCUT2D eigenvalue weighted by Crippen LogP contribution is 2.14. The normalized spacial score (nSPS) is 21.8. The molecule has 50 valence electrons. The second-order valence-corrected chi connectivity index (χ2v) is 2.51. The van der Waals surface area contributed by atoms with Crippen LogP contribution in [0, 0.1) is 0 Å². The first kappa shape index (κ1) is 8.21. The molecule has 0 aromatic rings. The van der Waals surface area contributed by atoms with E-state index in [-0.39, 0.29) is 12.4 Å². The summed E-state index contributed by atoms with van der Waals surface area (Å²) in [6.45, 7) is 3.82. The number of likely N-dealkylation sites (N-methyl/N-ethyl adjacent to an activating group) is 1. The number of rotatable bonds is 2. The summed E-state index contributed by atoms with van der Waals surface area (Å²) in [5.74, 6) is 0. The first-order chi connectivity index (χ1) is 3.27. The molecule has 0 aromatic heterocycles. The summed E-state index contributed by atoms with van der Waals surface area (Å²) in [7, 11) is 2.16. The van der Waals surface area contributed by atoms with Crippen molar-refractivity contribution in [2.45, 2.75) is 0 Å². The number of aliphatic hydroxyl groups excluding tert-OH is 1. The van der Waals surface area contributed by atoms with E-state index in [4.69, 9.17) is 5.11 Å². The van der Waals surface area contributed by atoms with Crippen LogP contribution in [0.5, 0.6) is 0 Å². The van der Waals surface area contributed by atoms with Gasteiger partial charge in [-0.3, -0.25) is 0 Å². The summed E-state index contributed by atoms with van der Waals surface area (Å²) in [5.41, 5.74) is 0. The van der Waals surface area contributed by atoms with Crippen LogP contribution in [0.25, 0.3) is 0 Å². The maximum Gasteiger partial charge on any atom is 0.129 e. The third kappa shape index (κ3) is 1.99. The van der Waals surface area contributed by atoms with Crippen molar-refractivity contribution in [3.63, 3.8) is 0 Å². The molecule has 3 heteroatoms.